The fourth-order valence-corrected chi connectivity index (χ4v) is 1.42. The van der Waals surface area contributed by atoms with Crippen LogP contribution in [0.25, 0.3) is 0 Å². The Morgan fingerprint density at radius 1 is 1.00 bits per heavy atom. The van der Waals surface area contributed by atoms with Crippen LogP contribution in [0.2, 0.25) is 0 Å². The average molecular weight is 273 g/mol. The monoisotopic (exact) mass is 273 g/mol. The first-order chi connectivity index (χ1) is 8.04. The van der Waals surface area contributed by atoms with Gasteiger partial charge in [-0.05, 0) is 18.1 Å². The molecule has 1 rings (SSSR count). The lowest BCUT2D eigenvalue weighted by molar-refractivity contribution is -0.348. The van der Waals surface area contributed by atoms with Crippen molar-refractivity contribution in [1.29, 1.82) is 0 Å². The smallest absolute Gasteiger partial charge is 0.218 e. The summed E-state index contributed by atoms with van der Waals surface area (Å²) in [6.07, 6.45) is -12.0. The number of hydrogen-bond donors (Lipinski definition) is 0. The van der Waals surface area contributed by atoms with E-state index in [0.717, 1.165) is 6.07 Å². The number of halogens is 7. The second kappa shape index (κ2) is 4.44. The van der Waals surface area contributed by atoms with Gasteiger partial charge >= 0.3 is 18.0 Å². The lowest BCUT2D eigenvalue weighted by Crippen LogP contribution is -2.50. The molecule has 1 radical (unpaired) electrons. The first-order valence-electron chi connectivity index (χ1n) is 4.87. The Bertz CT molecular complexity index is 402. The lowest BCUT2D eigenvalue weighted by Gasteiger charge is -2.30. The van der Waals surface area contributed by atoms with Gasteiger partial charge in [-0.15, -0.1) is 0 Å². The third-order valence-corrected chi connectivity index (χ3v) is 2.42. The molecule has 7 heteroatoms. The Morgan fingerprint density at radius 3 is 1.89 bits per heavy atom. The van der Waals surface area contributed by atoms with Crippen LogP contribution in [0.1, 0.15) is 18.1 Å². The van der Waals surface area contributed by atoms with Crippen LogP contribution in [0, 0.1) is 6.07 Å². The van der Waals surface area contributed by atoms with Gasteiger partial charge in [-0.1, -0.05) is 25.1 Å². The summed E-state index contributed by atoms with van der Waals surface area (Å²) in [4.78, 5) is 0. The predicted octanol–water partition coefficient (Wildman–Crippen LogP) is 4.34. The van der Waals surface area contributed by atoms with E-state index in [1.165, 1.54) is 6.92 Å². The zero-order valence-corrected chi connectivity index (χ0v) is 9.08. The standard InChI is InChI=1S/C11H8F7/c1-2-7-4-3-5-8(6-7)9(12,10(13,14)15)11(16,17)18/h3,5-6H,2H2,1H3. The van der Waals surface area contributed by atoms with Crippen LogP contribution >= 0.6 is 0 Å². The number of benzene rings is 1. The fraction of sp³-hybridized carbons (Fsp3) is 0.455. The minimum atomic E-state index is -6.07. The normalized spacial score (nSPS) is 13.8. The predicted molar refractivity (Wildman–Crippen MR) is 49.6 cm³/mol. The van der Waals surface area contributed by atoms with E-state index in [1.807, 2.05) is 0 Å². The third kappa shape index (κ3) is 2.30. The molecular formula is C11H8F7. The molecule has 0 unspecified atom stereocenters. The zero-order chi connectivity index (χ0) is 14.2. The van der Waals surface area contributed by atoms with Gasteiger partial charge < -0.3 is 0 Å². The highest BCUT2D eigenvalue weighted by Crippen LogP contribution is 2.53. The Balaban J connectivity index is 3.45. The maximum Gasteiger partial charge on any atom is 0.435 e. The minimum Gasteiger partial charge on any atom is -0.218 e. The fourth-order valence-electron chi connectivity index (χ4n) is 1.42. The highest BCUT2D eigenvalue weighted by Gasteiger charge is 2.73. The molecule has 0 atom stereocenters. The van der Waals surface area contributed by atoms with Crippen LogP contribution in [0.4, 0.5) is 30.7 Å². The first-order valence-corrected chi connectivity index (χ1v) is 4.87. The van der Waals surface area contributed by atoms with Crippen LogP contribution in [0.3, 0.4) is 0 Å². The van der Waals surface area contributed by atoms with E-state index >= 15 is 0 Å². The molecule has 101 valence electrons. The molecule has 0 nitrogen and oxygen atoms in total. The van der Waals surface area contributed by atoms with Gasteiger partial charge in [0.25, 0.3) is 0 Å². The molecule has 18 heavy (non-hydrogen) atoms. The highest BCUT2D eigenvalue weighted by atomic mass is 19.4. The van der Waals surface area contributed by atoms with Crippen LogP contribution in [-0.4, -0.2) is 12.4 Å². The van der Waals surface area contributed by atoms with Crippen molar-refractivity contribution in [2.24, 2.45) is 0 Å². The maximum atomic E-state index is 13.6. The van der Waals surface area contributed by atoms with Gasteiger partial charge in [0.2, 0.25) is 0 Å². The molecule has 0 saturated heterocycles. The van der Waals surface area contributed by atoms with E-state index in [-0.39, 0.29) is 12.0 Å². The molecule has 0 heterocycles. The SMILES string of the molecule is CCc1[c]ccc(C(F)(C(F)(F)F)C(F)(F)F)c1. The van der Waals surface area contributed by atoms with Gasteiger partial charge in [0.1, 0.15) is 0 Å². The van der Waals surface area contributed by atoms with E-state index < -0.39 is 23.6 Å². The lowest BCUT2D eigenvalue weighted by atomic mass is 9.92. The summed E-state index contributed by atoms with van der Waals surface area (Å²) in [6, 6.07) is 4.24. The topological polar surface area (TPSA) is 0 Å². The van der Waals surface area contributed by atoms with Crippen molar-refractivity contribution in [2.45, 2.75) is 31.4 Å². The third-order valence-electron chi connectivity index (χ3n) is 2.42. The van der Waals surface area contributed by atoms with E-state index in [9.17, 15) is 30.7 Å². The van der Waals surface area contributed by atoms with Crippen molar-refractivity contribution in [3.05, 3.63) is 35.4 Å². The molecule has 0 amide bonds. The number of alkyl halides is 7. The van der Waals surface area contributed by atoms with Crippen molar-refractivity contribution >= 4 is 0 Å². The van der Waals surface area contributed by atoms with Crippen molar-refractivity contribution in [1.82, 2.24) is 0 Å². The molecule has 0 fully saturated rings. The largest absolute Gasteiger partial charge is 0.435 e. The Labute approximate surface area is 98.4 Å². The van der Waals surface area contributed by atoms with E-state index in [4.69, 9.17) is 0 Å². The molecule has 0 aliphatic heterocycles. The van der Waals surface area contributed by atoms with E-state index in [0.29, 0.717) is 12.1 Å². The minimum absolute atomic E-state index is 0.0722. The van der Waals surface area contributed by atoms with E-state index in [2.05, 4.69) is 6.07 Å². The Morgan fingerprint density at radius 2 is 1.50 bits per heavy atom. The number of aryl methyl sites for hydroxylation is 1. The van der Waals surface area contributed by atoms with Gasteiger partial charge in [0.15, 0.2) is 0 Å². The molecule has 0 aliphatic carbocycles. The summed E-state index contributed by atoms with van der Waals surface area (Å²) >= 11 is 0. The van der Waals surface area contributed by atoms with Crippen LogP contribution in [0.15, 0.2) is 18.2 Å². The molecule has 0 aromatic heterocycles. The van der Waals surface area contributed by atoms with Gasteiger partial charge in [0, 0.05) is 5.56 Å². The quantitative estimate of drug-likeness (QED) is 0.703. The molecule has 0 aliphatic rings. The van der Waals surface area contributed by atoms with Gasteiger partial charge in [-0.3, -0.25) is 0 Å². The summed E-state index contributed by atoms with van der Waals surface area (Å²) < 4.78 is 88.1. The summed E-state index contributed by atoms with van der Waals surface area (Å²) in [5, 5.41) is 0. The highest BCUT2D eigenvalue weighted by molar-refractivity contribution is 5.30. The second-order valence-electron chi connectivity index (χ2n) is 3.61. The average Bonchev–Trinajstić information content (AvgIpc) is 2.25. The molecule has 0 saturated carbocycles. The number of hydrogen-bond acceptors (Lipinski definition) is 0. The van der Waals surface area contributed by atoms with Gasteiger partial charge in [-0.25, -0.2) is 4.39 Å². The van der Waals surface area contributed by atoms with Crippen LogP contribution < -0.4 is 0 Å². The summed E-state index contributed by atoms with van der Waals surface area (Å²) in [5.74, 6) is 0. The second-order valence-corrected chi connectivity index (χ2v) is 3.61. The first kappa shape index (κ1) is 14.8. The van der Waals surface area contributed by atoms with E-state index in [1.54, 1.807) is 0 Å². The molecule has 1 aromatic carbocycles. The molecule has 0 N–H and O–H groups in total. The molecule has 0 bridgehead atoms. The molecule has 1 aromatic rings. The van der Waals surface area contributed by atoms with Gasteiger partial charge in [0.05, 0.1) is 0 Å². The van der Waals surface area contributed by atoms with Crippen molar-refractivity contribution in [3.8, 4) is 0 Å². The Hall–Kier alpha value is -1.27. The molecular weight excluding hydrogens is 265 g/mol. The van der Waals surface area contributed by atoms with Gasteiger partial charge in [-0.2, -0.15) is 26.3 Å². The molecule has 0 spiro atoms. The van der Waals surface area contributed by atoms with Crippen molar-refractivity contribution in [3.63, 3.8) is 0 Å². The summed E-state index contributed by atoms with van der Waals surface area (Å²) in [5.41, 5.74) is -6.76. The van der Waals surface area contributed by atoms with Crippen molar-refractivity contribution < 1.29 is 30.7 Å². The van der Waals surface area contributed by atoms with Crippen LogP contribution in [-0.2, 0) is 12.1 Å². The maximum absolute atomic E-state index is 13.6. The zero-order valence-electron chi connectivity index (χ0n) is 9.08. The van der Waals surface area contributed by atoms with Crippen LogP contribution in [0.5, 0.6) is 0 Å². The summed E-state index contributed by atoms with van der Waals surface area (Å²) in [7, 11) is 0. The number of rotatable bonds is 2. The Kier molecular flexibility index (Phi) is 3.65. The van der Waals surface area contributed by atoms with Crippen molar-refractivity contribution in [2.75, 3.05) is 0 Å². The summed E-state index contributed by atoms with van der Waals surface area (Å²) in [6.45, 7) is 1.51.